The maximum absolute atomic E-state index is 11.2. The van der Waals surface area contributed by atoms with Gasteiger partial charge in [-0.05, 0) is 13.0 Å². The van der Waals surface area contributed by atoms with Crippen molar-refractivity contribution in [1.29, 1.82) is 0 Å². The third-order valence-electron chi connectivity index (χ3n) is 2.70. The Bertz CT molecular complexity index is 280. The highest BCUT2D eigenvalue weighted by atomic mass is 32.2. The largest absolute Gasteiger partial charge is 0.389 e. The number of likely N-dealkylation sites (tertiary alicyclic amines) is 1. The van der Waals surface area contributed by atoms with E-state index in [4.69, 9.17) is 0 Å². The Kier molecular flexibility index (Phi) is 4.51. The van der Waals surface area contributed by atoms with E-state index in [0.717, 1.165) is 0 Å². The van der Waals surface area contributed by atoms with Crippen LogP contribution in [0.1, 0.15) is 13.3 Å². The lowest BCUT2D eigenvalue weighted by Gasteiger charge is -2.13. The van der Waals surface area contributed by atoms with Crippen molar-refractivity contribution in [3.63, 3.8) is 0 Å². The van der Waals surface area contributed by atoms with E-state index in [1.807, 2.05) is 4.90 Å². The predicted octanol–water partition coefficient (Wildman–Crippen LogP) is -1.15. The van der Waals surface area contributed by atoms with Crippen LogP contribution in [0.4, 0.5) is 0 Å². The predicted molar refractivity (Wildman–Crippen MR) is 57.4 cm³/mol. The molecule has 0 radical (unpaired) electrons. The minimum atomic E-state index is -2.89. The summed E-state index contributed by atoms with van der Waals surface area (Å²) in [7, 11) is -2.89. The normalized spacial score (nSPS) is 28.5. The van der Waals surface area contributed by atoms with Gasteiger partial charge in [-0.1, -0.05) is 6.92 Å². The van der Waals surface area contributed by atoms with Crippen molar-refractivity contribution >= 4 is 9.84 Å². The first-order valence-electron chi connectivity index (χ1n) is 5.23. The van der Waals surface area contributed by atoms with Crippen LogP contribution in [0.5, 0.6) is 0 Å². The number of sulfone groups is 1. The molecule has 1 aliphatic rings. The van der Waals surface area contributed by atoms with Crippen molar-refractivity contribution in [2.24, 2.45) is 0 Å². The third-order valence-corrected chi connectivity index (χ3v) is 4.49. The SMILES string of the molecule is CCS(=O)(=O)CCCN1C[C@@H](O)[C@@H](O)C1. The average molecular weight is 237 g/mol. The van der Waals surface area contributed by atoms with Gasteiger partial charge in [-0.25, -0.2) is 8.42 Å². The van der Waals surface area contributed by atoms with E-state index in [1.165, 1.54) is 0 Å². The highest BCUT2D eigenvalue weighted by Gasteiger charge is 2.28. The summed E-state index contributed by atoms with van der Waals surface area (Å²) in [5.74, 6) is 0.366. The Morgan fingerprint density at radius 3 is 2.27 bits per heavy atom. The zero-order valence-corrected chi connectivity index (χ0v) is 9.78. The first-order chi connectivity index (χ1) is 6.94. The van der Waals surface area contributed by atoms with Gasteiger partial charge in [0.1, 0.15) is 9.84 Å². The number of hydrogen-bond acceptors (Lipinski definition) is 5. The number of aliphatic hydroxyl groups excluding tert-OH is 2. The molecule has 5 nitrogen and oxygen atoms in total. The van der Waals surface area contributed by atoms with Crippen LogP contribution in [0.25, 0.3) is 0 Å². The summed E-state index contributed by atoms with van der Waals surface area (Å²) >= 11 is 0. The summed E-state index contributed by atoms with van der Waals surface area (Å²) in [5, 5.41) is 18.5. The number of β-amino-alcohol motifs (C(OH)–C–C–N with tert-alkyl or cyclic N) is 2. The average Bonchev–Trinajstić information content (AvgIpc) is 2.46. The van der Waals surface area contributed by atoms with Crippen LogP contribution < -0.4 is 0 Å². The van der Waals surface area contributed by atoms with Gasteiger partial charge in [0.15, 0.2) is 0 Å². The minimum Gasteiger partial charge on any atom is -0.389 e. The second kappa shape index (κ2) is 5.25. The van der Waals surface area contributed by atoms with E-state index in [2.05, 4.69) is 0 Å². The summed E-state index contributed by atoms with van der Waals surface area (Å²) in [6.07, 6.45) is -0.809. The summed E-state index contributed by atoms with van der Waals surface area (Å²) < 4.78 is 22.4. The summed E-state index contributed by atoms with van der Waals surface area (Å²) in [6.45, 7) is 3.13. The van der Waals surface area contributed by atoms with Crippen molar-refractivity contribution in [1.82, 2.24) is 4.90 Å². The van der Waals surface area contributed by atoms with Crippen molar-refractivity contribution in [2.45, 2.75) is 25.6 Å². The molecule has 0 spiro atoms. The van der Waals surface area contributed by atoms with Crippen LogP contribution in [-0.4, -0.2) is 66.9 Å². The fourth-order valence-electron chi connectivity index (χ4n) is 1.68. The maximum atomic E-state index is 11.2. The second-order valence-electron chi connectivity index (χ2n) is 3.98. The molecule has 1 heterocycles. The lowest BCUT2D eigenvalue weighted by Crippen LogP contribution is -2.25. The van der Waals surface area contributed by atoms with E-state index in [-0.39, 0.29) is 11.5 Å². The van der Waals surface area contributed by atoms with Crippen molar-refractivity contribution < 1.29 is 18.6 Å². The molecule has 1 saturated heterocycles. The van der Waals surface area contributed by atoms with Crippen molar-refractivity contribution in [3.05, 3.63) is 0 Å². The Balaban J connectivity index is 2.22. The summed E-state index contributed by atoms with van der Waals surface area (Å²) in [5.41, 5.74) is 0. The quantitative estimate of drug-likeness (QED) is 0.631. The van der Waals surface area contributed by atoms with Crippen LogP contribution >= 0.6 is 0 Å². The molecular formula is C9H19NO4S. The van der Waals surface area contributed by atoms with Crippen LogP contribution in [-0.2, 0) is 9.84 Å². The van der Waals surface area contributed by atoms with Crippen molar-refractivity contribution in [2.75, 3.05) is 31.1 Å². The van der Waals surface area contributed by atoms with Crippen LogP contribution in [0.15, 0.2) is 0 Å². The molecule has 6 heteroatoms. The Hall–Kier alpha value is -0.170. The highest BCUT2D eigenvalue weighted by molar-refractivity contribution is 7.91. The van der Waals surface area contributed by atoms with E-state index in [0.29, 0.717) is 26.1 Å². The second-order valence-corrected chi connectivity index (χ2v) is 6.46. The molecule has 0 aromatic rings. The molecule has 0 bridgehead atoms. The Morgan fingerprint density at radius 2 is 1.80 bits per heavy atom. The van der Waals surface area contributed by atoms with Gasteiger partial charge in [0.2, 0.25) is 0 Å². The highest BCUT2D eigenvalue weighted by Crippen LogP contribution is 2.10. The minimum absolute atomic E-state index is 0.179. The molecule has 1 fully saturated rings. The van der Waals surface area contributed by atoms with E-state index in [9.17, 15) is 18.6 Å². The molecule has 90 valence electrons. The molecule has 2 atom stereocenters. The van der Waals surface area contributed by atoms with Gasteiger partial charge in [0, 0.05) is 18.8 Å². The zero-order chi connectivity index (χ0) is 11.5. The lowest BCUT2D eigenvalue weighted by molar-refractivity contribution is 0.0572. The first-order valence-corrected chi connectivity index (χ1v) is 7.05. The monoisotopic (exact) mass is 237 g/mol. The van der Waals surface area contributed by atoms with Crippen LogP contribution in [0, 0.1) is 0 Å². The number of nitrogens with zero attached hydrogens (tertiary/aromatic N) is 1. The van der Waals surface area contributed by atoms with Crippen LogP contribution in [0.3, 0.4) is 0 Å². The van der Waals surface area contributed by atoms with Gasteiger partial charge in [-0.15, -0.1) is 0 Å². The summed E-state index contributed by atoms with van der Waals surface area (Å²) in [4.78, 5) is 1.89. The molecule has 1 aliphatic heterocycles. The lowest BCUT2D eigenvalue weighted by atomic mass is 10.3. The molecule has 0 amide bonds. The van der Waals surface area contributed by atoms with Gasteiger partial charge in [0.25, 0.3) is 0 Å². The molecule has 0 aliphatic carbocycles. The Labute approximate surface area is 90.6 Å². The molecular weight excluding hydrogens is 218 g/mol. The van der Waals surface area contributed by atoms with Gasteiger partial charge >= 0.3 is 0 Å². The smallest absolute Gasteiger partial charge is 0.150 e. The molecule has 0 aromatic heterocycles. The molecule has 0 unspecified atom stereocenters. The molecule has 1 rings (SSSR count). The number of aliphatic hydroxyl groups is 2. The van der Waals surface area contributed by atoms with Gasteiger partial charge in [-0.3, -0.25) is 4.90 Å². The third kappa shape index (κ3) is 4.06. The van der Waals surface area contributed by atoms with Crippen molar-refractivity contribution in [3.8, 4) is 0 Å². The van der Waals surface area contributed by atoms with E-state index < -0.39 is 22.0 Å². The molecule has 15 heavy (non-hydrogen) atoms. The maximum Gasteiger partial charge on any atom is 0.150 e. The first kappa shape index (κ1) is 12.9. The molecule has 2 N–H and O–H groups in total. The topological polar surface area (TPSA) is 77.8 Å². The van der Waals surface area contributed by atoms with E-state index in [1.54, 1.807) is 6.92 Å². The number of rotatable bonds is 5. The van der Waals surface area contributed by atoms with Gasteiger partial charge in [-0.2, -0.15) is 0 Å². The van der Waals surface area contributed by atoms with E-state index >= 15 is 0 Å². The molecule has 0 aromatic carbocycles. The zero-order valence-electron chi connectivity index (χ0n) is 8.96. The number of hydrogen-bond donors (Lipinski definition) is 2. The standard InChI is InChI=1S/C9H19NO4S/c1-2-15(13,14)5-3-4-10-6-8(11)9(12)7-10/h8-9,11-12H,2-7H2,1H3/t8-,9+. The van der Waals surface area contributed by atoms with Gasteiger partial charge < -0.3 is 10.2 Å². The van der Waals surface area contributed by atoms with Crippen LogP contribution in [0.2, 0.25) is 0 Å². The summed E-state index contributed by atoms with van der Waals surface area (Å²) in [6, 6.07) is 0. The molecule has 0 saturated carbocycles. The fraction of sp³-hybridized carbons (Fsp3) is 1.00. The fourth-order valence-corrected chi connectivity index (χ4v) is 2.54. The Morgan fingerprint density at radius 1 is 1.27 bits per heavy atom. The van der Waals surface area contributed by atoms with Gasteiger partial charge in [0.05, 0.1) is 18.0 Å².